The third-order valence-corrected chi connectivity index (χ3v) is 4.96. The Kier molecular flexibility index (Phi) is 7.51. The molecule has 0 fully saturated rings. The predicted octanol–water partition coefficient (Wildman–Crippen LogP) is 2.94. The van der Waals surface area contributed by atoms with Crippen LogP contribution in [0.5, 0.6) is 0 Å². The second-order valence-corrected chi connectivity index (χ2v) is 7.05. The third-order valence-electron chi connectivity index (χ3n) is 3.45. The first-order valence-electron chi connectivity index (χ1n) is 7.39. The molecule has 0 saturated carbocycles. The Morgan fingerprint density at radius 1 is 1.14 bits per heavy atom. The molecule has 0 aliphatic carbocycles. The Bertz CT molecular complexity index is 578. The zero-order valence-electron chi connectivity index (χ0n) is 13.0. The minimum atomic E-state index is -3.65. The summed E-state index contributed by atoms with van der Waals surface area (Å²) in [5, 5.41) is 10.2. The summed E-state index contributed by atoms with van der Waals surface area (Å²) in [7, 11) is -3.65. The van der Waals surface area contributed by atoms with E-state index in [0.717, 1.165) is 5.56 Å². The van der Waals surface area contributed by atoms with Crippen LogP contribution in [0.1, 0.15) is 31.2 Å². The molecule has 22 heavy (non-hydrogen) atoms. The van der Waals surface area contributed by atoms with Gasteiger partial charge in [0.1, 0.15) is 0 Å². The Morgan fingerprint density at radius 3 is 2.23 bits per heavy atom. The zero-order valence-corrected chi connectivity index (χ0v) is 13.8. The van der Waals surface area contributed by atoms with E-state index in [4.69, 9.17) is 0 Å². The van der Waals surface area contributed by atoms with Crippen LogP contribution in [0.15, 0.2) is 54.5 Å². The van der Waals surface area contributed by atoms with E-state index in [1.807, 2.05) is 6.92 Å². The summed E-state index contributed by atoms with van der Waals surface area (Å²) in [6, 6.07) is 6.10. The maximum atomic E-state index is 12.4. The van der Waals surface area contributed by atoms with Crippen LogP contribution < -0.4 is 4.72 Å². The highest BCUT2D eigenvalue weighted by Crippen LogP contribution is 2.15. The number of aliphatic hydroxyl groups is 1. The van der Waals surface area contributed by atoms with Gasteiger partial charge in [0.25, 0.3) is 0 Å². The normalized spacial score (nSPS) is 14.3. The lowest BCUT2D eigenvalue weighted by Crippen LogP contribution is -2.43. The number of sulfonamides is 1. The minimum Gasteiger partial charge on any atom is -0.391 e. The summed E-state index contributed by atoms with van der Waals surface area (Å²) < 4.78 is 27.5. The third kappa shape index (κ3) is 5.75. The molecule has 4 nitrogen and oxygen atoms in total. The van der Waals surface area contributed by atoms with Crippen molar-refractivity contribution >= 4 is 10.0 Å². The van der Waals surface area contributed by atoms with Crippen molar-refractivity contribution in [3.8, 4) is 0 Å². The Labute approximate surface area is 133 Å². The Hall–Kier alpha value is -1.43. The van der Waals surface area contributed by atoms with Gasteiger partial charge in [-0.1, -0.05) is 29.8 Å². The van der Waals surface area contributed by atoms with E-state index in [2.05, 4.69) is 17.9 Å². The summed E-state index contributed by atoms with van der Waals surface area (Å²) in [5.41, 5.74) is 0.994. The van der Waals surface area contributed by atoms with Crippen molar-refractivity contribution < 1.29 is 13.5 Å². The van der Waals surface area contributed by atoms with Gasteiger partial charge in [0.2, 0.25) is 10.0 Å². The quantitative estimate of drug-likeness (QED) is 0.651. The van der Waals surface area contributed by atoms with E-state index in [1.54, 1.807) is 36.4 Å². The molecule has 2 N–H and O–H groups in total. The molecule has 0 bridgehead atoms. The highest BCUT2D eigenvalue weighted by Gasteiger charge is 2.24. The molecule has 0 aliphatic rings. The fourth-order valence-corrected chi connectivity index (χ4v) is 3.41. The zero-order chi connectivity index (χ0) is 16.6. The van der Waals surface area contributed by atoms with Crippen molar-refractivity contribution in [2.45, 2.75) is 49.6 Å². The lowest BCUT2D eigenvalue weighted by atomic mass is 10.0. The molecule has 0 radical (unpaired) electrons. The molecule has 0 aromatic heterocycles. The average Bonchev–Trinajstić information content (AvgIpc) is 2.49. The lowest BCUT2D eigenvalue weighted by Gasteiger charge is -2.23. The maximum Gasteiger partial charge on any atom is 0.240 e. The van der Waals surface area contributed by atoms with Crippen LogP contribution in [0, 0.1) is 6.92 Å². The monoisotopic (exact) mass is 323 g/mol. The summed E-state index contributed by atoms with van der Waals surface area (Å²) in [6.45, 7) is 9.16. The van der Waals surface area contributed by atoms with Gasteiger partial charge in [0, 0.05) is 6.04 Å². The first kappa shape index (κ1) is 18.6. The molecule has 1 rings (SSSR count). The molecule has 122 valence electrons. The Balaban J connectivity index is 2.88. The van der Waals surface area contributed by atoms with Crippen molar-refractivity contribution in [1.82, 2.24) is 4.72 Å². The van der Waals surface area contributed by atoms with E-state index >= 15 is 0 Å². The van der Waals surface area contributed by atoms with Crippen LogP contribution in [0.3, 0.4) is 0 Å². The van der Waals surface area contributed by atoms with E-state index in [9.17, 15) is 13.5 Å². The standard InChI is InChI=1S/C17H25NO3S/c1-4-6-8-16(17(19)9-7-5-2)18-22(20,21)15-12-10-14(3)11-13-15/h4-5,10-13,16-19H,1-2,6-9H2,3H3/t16-,17+/m0/s1. The number of allylic oxidation sites excluding steroid dienone is 2. The van der Waals surface area contributed by atoms with Gasteiger partial charge in [0.15, 0.2) is 0 Å². The molecule has 0 aliphatic heterocycles. The average molecular weight is 323 g/mol. The molecule has 1 aromatic rings. The van der Waals surface area contributed by atoms with Gasteiger partial charge in [-0.05, 0) is 44.7 Å². The molecule has 2 atom stereocenters. The fraction of sp³-hybridized carbons (Fsp3) is 0.412. The van der Waals surface area contributed by atoms with Crippen LogP contribution in [0.25, 0.3) is 0 Å². The molecule has 0 saturated heterocycles. The molecule has 0 unspecified atom stereocenters. The number of rotatable bonds is 10. The van der Waals surface area contributed by atoms with Crippen molar-refractivity contribution in [2.24, 2.45) is 0 Å². The van der Waals surface area contributed by atoms with Gasteiger partial charge in [-0.15, -0.1) is 13.2 Å². The van der Waals surface area contributed by atoms with Gasteiger partial charge < -0.3 is 5.11 Å². The van der Waals surface area contributed by atoms with Crippen molar-refractivity contribution in [2.75, 3.05) is 0 Å². The number of benzene rings is 1. The molecule has 0 amide bonds. The SMILES string of the molecule is C=CCC[C@@H](O)[C@H](CCC=C)NS(=O)(=O)c1ccc(C)cc1. The number of aliphatic hydroxyl groups excluding tert-OH is 1. The summed E-state index contributed by atoms with van der Waals surface area (Å²) in [4.78, 5) is 0.206. The predicted molar refractivity (Wildman–Crippen MR) is 90.2 cm³/mol. The number of hydrogen-bond acceptors (Lipinski definition) is 3. The summed E-state index contributed by atoms with van der Waals surface area (Å²) in [6.07, 6.45) is 4.92. The summed E-state index contributed by atoms with van der Waals surface area (Å²) in [5.74, 6) is 0. The van der Waals surface area contributed by atoms with Gasteiger partial charge in [0.05, 0.1) is 11.0 Å². The molecule has 1 aromatic carbocycles. The van der Waals surface area contributed by atoms with Gasteiger partial charge >= 0.3 is 0 Å². The number of hydrogen-bond donors (Lipinski definition) is 2. The summed E-state index contributed by atoms with van der Waals surface area (Å²) >= 11 is 0. The van der Waals surface area contributed by atoms with Crippen LogP contribution in [0.2, 0.25) is 0 Å². The van der Waals surface area contributed by atoms with Crippen LogP contribution in [0.4, 0.5) is 0 Å². The lowest BCUT2D eigenvalue weighted by molar-refractivity contribution is 0.125. The van der Waals surface area contributed by atoms with E-state index in [1.165, 1.54) is 0 Å². The van der Waals surface area contributed by atoms with Crippen molar-refractivity contribution in [3.05, 3.63) is 55.1 Å². The highest BCUT2D eigenvalue weighted by molar-refractivity contribution is 7.89. The molecule has 0 heterocycles. The topological polar surface area (TPSA) is 66.4 Å². The Morgan fingerprint density at radius 2 is 1.68 bits per heavy atom. The number of nitrogens with one attached hydrogen (secondary N) is 1. The molecule has 0 spiro atoms. The molecular weight excluding hydrogens is 298 g/mol. The van der Waals surface area contributed by atoms with Crippen LogP contribution in [-0.4, -0.2) is 25.7 Å². The van der Waals surface area contributed by atoms with Crippen LogP contribution >= 0.6 is 0 Å². The van der Waals surface area contributed by atoms with Crippen molar-refractivity contribution in [3.63, 3.8) is 0 Å². The number of aryl methyl sites for hydroxylation is 1. The van der Waals surface area contributed by atoms with E-state index in [-0.39, 0.29) is 4.90 Å². The fourth-order valence-electron chi connectivity index (χ4n) is 2.10. The van der Waals surface area contributed by atoms with Crippen LogP contribution in [-0.2, 0) is 10.0 Å². The molecule has 5 heteroatoms. The maximum absolute atomic E-state index is 12.4. The second-order valence-electron chi connectivity index (χ2n) is 5.34. The highest BCUT2D eigenvalue weighted by atomic mass is 32.2. The largest absolute Gasteiger partial charge is 0.391 e. The second kappa shape index (κ2) is 8.88. The first-order valence-corrected chi connectivity index (χ1v) is 8.88. The van der Waals surface area contributed by atoms with Crippen molar-refractivity contribution in [1.29, 1.82) is 0 Å². The first-order chi connectivity index (χ1) is 10.4. The van der Waals surface area contributed by atoms with Gasteiger partial charge in [-0.3, -0.25) is 0 Å². The smallest absolute Gasteiger partial charge is 0.240 e. The molecular formula is C17H25NO3S. The minimum absolute atomic E-state index is 0.206. The van der Waals surface area contributed by atoms with Gasteiger partial charge in [-0.2, -0.15) is 0 Å². The van der Waals surface area contributed by atoms with E-state index in [0.29, 0.717) is 25.7 Å². The van der Waals surface area contributed by atoms with Gasteiger partial charge in [-0.25, -0.2) is 13.1 Å². The van der Waals surface area contributed by atoms with E-state index < -0.39 is 22.2 Å².